The minimum atomic E-state index is 0.561. The van der Waals surface area contributed by atoms with Gasteiger partial charge in [0.25, 0.3) is 0 Å². The van der Waals surface area contributed by atoms with Crippen molar-refractivity contribution in [1.82, 2.24) is 16.0 Å². The van der Waals surface area contributed by atoms with Crippen LogP contribution in [0.3, 0.4) is 0 Å². The first kappa shape index (κ1) is 9.34. The van der Waals surface area contributed by atoms with Crippen molar-refractivity contribution in [2.75, 3.05) is 0 Å². The summed E-state index contributed by atoms with van der Waals surface area (Å²) in [5.74, 6) is 0.561. The molecule has 0 bridgehead atoms. The lowest BCUT2D eigenvalue weighted by Gasteiger charge is -2.13. The Hall–Kier alpha value is -1.75. The zero-order valence-corrected chi connectivity index (χ0v) is 7.49. The molecule has 0 saturated carbocycles. The maximum absolute atomic E-state index is 5.52. The van der Waals surface area contributed by atoms with Crippen LogP contribution in [0.25, 0.3) is 0 Å². The largest absolute Gasteiger partial charge is 0.398 e. The summed E-state index contributed by atoms with van der Waals surface area (Å²) in [5.41, 5.74) is 11.7. The van der Waals surface area contributed by atoms with Gasteiger partial charge >= 0.3 is 0 Å². The van der Waals surface area contributed by atoms with Gasteiger partial charge in [-0.1, -0.05) is 12.7 Å². The van der Waals surface area contributed by atoms with E-state index in [1.807, 2.05) is 6.92 Å². The fourth-order valence-corrected chi connectivity index (χ4v) is 0.692. The van der Waals surface area contributed by atoms with Gasteiger partial charge in [0.2, 0.25) is 0 Å². The predicted molar refractivity (Wildman–Crippen MR) is 52.8 cm³/mol. The molecule has 0 fully saturated rings. The zero-order valence-electron chi connectivity index (χ0n) is 7.49. The zero-order chi connectivity index (χ0) is 9.68. The molecule has 5 heteroatoms. The molecule has 0 aromatic rings. The average Bonchev–Trinajstić information content (AvgIpc) is 2.66. The lowest BCUT2D eigenvalue weighted by molar-refractivity contribution is 0.336. The standard InChI is InChI=1S/C8H13N5/c1-3-8(9)6-10-7(2)13-5-4-11-12-13/h3-6,11-12H,2,9H2,1H3/b8-3+,10-6?. The second kappa shape index (κ2) is 4.32. The summed E-state index contributed by atoms with van der Waals surface area (Å²) in [5, 5.41) is 1.64. The Morgan fingerprint density at radius 1 is 1.69 bits per heavy atom. The van der Waals surface area contributed by atoms with Crippen LogP contribution in [-0.4, -0.2) is 11.2 Å². The van der Waals surface area contributed by atoms with E-state index < -0.39 is 0 Å². The van der Waals surface area contributed by atoms with E-state index in [2.05, 4.69) is 22.5 Å². The van der Waals surface area contributed by atoms with Gasteiger partial charge in [0.15, 0.2) is 0 Å². The Morgan fingerprint density at radius 3 is 3.00 bits per heavy atom. The molecule has 0 spiro atoms. The Balaban J connectivity index is 2.49. The summed E-state index contributed by atoms with van der Waals surface area (Å²) in [6.45, 7) is 5.58. The third kappa shape index (κ3) is 2.64. The molecule has 0 saturated heterocycles. The highest BCUT2D eigenvalue weighted by Crippen LogP contribution is 2.01. The number of rotatable bonds is 3. The van der Waals surface area contributed by atoms with E-state index in [0.29, 0.717) is 11.5 Å². The summed E-state index contributed by atoms with van der Waals surface area (Å²) in [6.07, 6.45) is 6.82. The minimum Gasteiger partial charge on any atom is -0.398 e. The summed E-state index contributed by atoms with van der Waals surface area (Å²) in [6, 6.07) is 0. The van der Waals surface area contributed by atoms with Crippen LogP contribution < -0.4 is 16.7 Å². The molecule has 0 amide bonds. The SMILES string of the molecule is C=C(N=C/C(N)=C\C)N1C=CNN1. The minimum absolute atomic E-state index is 0.561. The molecule has 0 radical (unpaired) electrons. The summed E-state index contributed by atoms with van der Waals surface area (Å²) >= 11 is 0. The van der Waals surface area contributed by atoms with Crippen LogP contribution in [0.4, 0.5) is 0 Å². The van der Waals surface area contributed by atoms with Gasteiger partial charge in [-0.05, 0) is 6.92 Å². The molecule has 5 nitrogen and oxygen atoms in total. The monoisotopic (exact) mass is 179 g/mol. The predicted octanol–water partition coefficient (Wildman–Crippen LogP) is 0.187. The maximum atomic E-state index is 5.52. The van der Waals surface area contributed by atoms with Gasteiger partial charge in [0.05, 0.1) is 6.21 Å². The second-order valence-corrected chi connectivity index (χ2v) is 2.40. The van der Waals surface area contributed by atoms with Crippen molar-refractivity contribution in [3.8, 4) is 0 Å². The Morgan fingerprint density at radius 2 is 2.46 bits per heavy atom. The second-order valence-electron chi connectivity index (χ2n) is 2.40. The van der Waals surface area contributed by atoms with Gasteiger partial charge in [-0.25, -0.2) is 10.0 Å². The fraction of sp³-hybridized carbons (Fsp3) is 0.125. The highest BCUT2D eigenvalue weighted by molar-refractivity contribution is 5.77. The van der Waals surface area contributed by atoms with E-state index in [4.69, 9.17) is 5.73 Å². The maximum Gasteiger partial charge on any atom is 0.141 e. The molecule has 1 aliphatic rings. The topological polar surface area (TPSA) is 65.7 Å². The highest BCUT2D eigenvalue weighted by Gasteiger charge is 2.04. The van der Waals surface area contributed by atoms with Gasteiger partial charge in [0, 0.05) is 18.1 Å². The molecule has 0 atom stereocenters. The number of hydrogen-bond donors (Lipinski definition) is 3. The molecule has 0 aliphatic carbocycles. The fourth-order valence-electron chi connectivity index (χ4n) is 0.692. The number of hydrogen-bond acceptors (Lipinski definition) is 5. The first-order chi connectivity index (χ1) is 6.24. The van der Waals surface area contributed by atoms with Crippen LogP contribution >= 0.6 is 0 Å². The van der Waals surface area contributed by atoms with Crippen LogP contribution in [0.15, 0.2) is 41.6 Å². The van der Waals surface area contributed by atoms with Crippen molar-refractivity contribution in [3.05, 3.63) is 36.6 Å². The van der Waals surface area contributed by atoms with Gasteiger partial charge in [-0.15, -0.1) is 5.53 Å². The lowest BCUT2D eigenvalue weighted by atomic mass is 10.4. The summed E-state index contributed by atoms with van der Waals surface area (Å²) in [7, 11) is 0. The molecule has 70 valence electrons. The third-order valence-electron chi connectivity index (χ3n) is 1.47. The van der Waals surface area contributed by atoms with Gasteiger partial charge in [-0.2, -0.15) is 0 Å². The van der Waals surface area contributed by atoms with Crippen LogP contribution in [0.5, 0.6) is 0 Å². The van der Waals surface area contributed by atoms with Gasteiger partial charge in [-0.3, -0.25) is 0 Å². The number of allylic oxidation sites excluding steroid dienone is 2. The average molecular weight is 179 g/mol. The first-order valence-electron chi connectivity index (χ1n) is 3.86. The van der Waals surface area contributed by atoms with E-state index in [1.165, 1.54) is 0 Å². The van der Waals surface area contributed by atoms with Crippen molar-refractivity contribution in [2.24, 2.45) is 10.7 Å². The van der Waals surface area contributed by atoms with Crippen molar-refractivity contribution >= 4 is 6.21 Å². The third-order valence-corrected chi connectivity index (χ3v) is 1.47. The van der Waals surface area contributed by atoms with Crippen LogP contribution in [0.2, 0.25) is 0 Å². The molecular formula is C8H13N5. The van der Waals surface area contributed by atoms with E-state index in [9.17, 15) is 0 Å². The van der Waals surface area contributed by atoms with Crippen molar-refractivity contribution in [2.45, 2.75) is 6.92 Å². The van der Waals surface area contributed by atoms with E-state index in [-0.39, 0.29) is 0 Å². The molecular weight excluding hydrogens is 166 g/mol. The molecule has 4 N–H and O–H groups in total. The smallest absolute Gasteiger partial charge is 0.141 e. The van der Waals surface area contributed by atoms with Crippen LogP contribution in [-0.2, 0) is 0 Å². The van der Waals surface area contributed by atoms with Gasteiger partial charge in [0.1, 0.15) is 5.82 Å². The van der Waals surface area contributed by atoms with Gasteiger partial charge < -0.3 is 11.2 Å². The number of aliphatic imine (C=N–C) groups is 1. The molecule has 0 unspecified atom stereocenters. The number of hydrazine groups is 2. The Labute approximate surface area is 77.3 Å². The van der Waals surface area contributed by atoms with Crippen LogP contribution in [0, 0.1) is 0 Å². The van der Waals surface area contributed by atoms with E-state index in [1.54, 1.807) is 29.7 Å². The number of nitrogens with two attached hydrogens (primary N) is 1. The Kier molecular flexibility index (Phi) is 3.10. The Bertz CT molecular complexity index is 276. The number of nitrogens with zero attached hydrogens (tertiary/aromatic N) is 2. The molecule has 0 aromatic heterocycles. The van der Waals surface area contributed by atoms with E-state index >= 15 is 0 Å². The van der Waals surface area contributed by atoms with Crippen molar-refractivity contribution in [1.29, 1.82) is 0 Å². The lowest BCUT2D eigenvalue weighted by Crippen LogP contribution is -2.34. The quantitative estimate of drug-likeness (QED) is 0.541. The molecule has 1 heterocycles. The van der Waals surface area contributed by atoms with E-state index in [0.717, 1.165) is 0 Å². The highest BCUT2D eigenvalue weighted by atomic mass is 15.7. The molecule has 1 rings (SSSR count). The van der Waals surface area contributed by atoms with Crippen molar-refractivity contribution in [3.63, 3.8) is 0 Å². The normalized spacial score (nSPS) is 16.7. The first-order valence-corrected chi connectivity index (χ1v) is 3.86. The number of nitrogens with one attached hydrogen (secondary N) is 2. The summed E-state index contributed by atoms with van der Waals surface area (Å²) < 4.78 is 0. The molecule has 13 heavy (non-hydrogen) atoms. The summed E-state index contributed by atoms with van der Waals surface area (Å²) in [4.78, 5) is 4.04. The molecule has 1 aliphatic heterocycles. The molecule has 0 aromatic carbocycles. The van der Waals surface area contributed by atoms with Crippen molar-refractivity contribution < 1.29 is 0 Å². The van der Waals surface area contributed by atoms with Crippen LogP contribution in [0.1, 0.15) is 6.92 Å².